The summed E-state index contributed by atoms with van der Waals surface area (Å²) in [6.07, 6.45) is 8.27. The van der Waals surface area contributed by atoms with Gasteiger partial charge in [0, 0.05) is 11.8 Å². The standard InChI is InChI=1S/C25H9O8P.2Na/c1-3-5-7-9-11-12-13-14-16-17-19-24(26)31-21-23(22-32-34(28,29)30)33-25(27)20-18-15-10-8-6-4-2;;/h1-2,23H,21-22H2,(H2,28,29,30);;/q;2*+1/p-2/t23-;;/m1../s1. The third-order valence-electron chi connectivity index (χ3n) is 2.32. The van der Waals surface area contributed by atoms with Gasteiger partial charge in [0.2, 0.25) is 0 Å². The minimum atomic E-state index is -5.39. The predicted octanol–water partition coefficient (Wildman–Crippen LogP) is -8.41. The number of ether oxygens (including phenoxy) is 2. The molecule has 0 saturated carbocycles. The van der Waals surface area contributed by atoms with E-state index in [2.05, 4.69) is 98.1 Å². The maximum Gasteiger partial charge on any atom is 1.00 e. The van der Waals surface area contributed by atoms with Crippen LogP contribution in [0.3, 0.4) is 0 Å². The smallest absolute Gasteiger partial charge is 0.790 e. The van der Waals surface area contributed by atoms with Gasteiger partial charge in [-0.15, -0.1) is 12.8 Å². The monoisotopic (exact) mass is 512 g/mol. The number of terminal acetylenes is 2. The van der Waals surface area contributed by atoms with Crippen molar-refractivity contribution in [2.45, 2.75) is 6.10 Å². The predicted molar refractivity (Wildman–Crippen MR) is 114 cm³/mol. The number of phosphoric ester groups is 1. The van der Waals surface area contributed by atoms with Crippen molar-refractivity contribution in [3.8, 4) is 119 Å². The van der Waals surface area contributed by atoms with Crippen LogP contribution in [0.2, 0.25) is 0 Å². The summed E-state index contributed by atoms with van der Waals surface area (Å²) in [5.41, 5.74) is 0. The van der Waals surface area contributed by atoms with Gasteiger partial charge in [-0.2, -0.15) is 0 Å². The second kappa shape index (κ2) is 24.8. The van der Waals surface area contributed by atoms with Crippen LogP contribution in [-0.2, 0) is 28.2 Å². The van der Waals surface area contributed by atoms with E-state index in [0.717, 1.165) is 0 Å². The average molecular weight is 512 g/mol. The molecule has 0 amide bonds. The molecule has 0 fully saturated rings. The second-order valence-electron chi connectivity index (χ2n) is 4.66. The minimum Gasteiger partial charge on any atom is -0.790 e. The third kappa shape index (κ3) is 26.9. The molecule has 0 aliphatic heterocycles. The van der Waals surface area contributed by atoms with Gasteiger partial charge in [-0.25, -0.2) is 9.59 Å². The zero-order valence-corrected chi connectivity index (χ0v) is 23.8. The Balaban J connectivity index is -0.00000544. The van der Waals surface area contributed by atoms with Crippen LogP contribution in [0.15, 0.2) is 0 Å². The molecule has 0 heterocycles. The normalized spacial score (nSPS) is 7.67. The molecule has 0 aromatic heterocycles. The number of esters is 2. The zero-order chi connectivity index (χ0) is 25.5. The van der Waals surface area contributed by atoms with E-state index in [9.17, 15) is 23.9 Å². The Kier molecular flexibility index (Phi) is 25.6. The molecule has 0 spiro atoms. The van der Waals surface area contributed by atoms with Crippen LogP contribution in [0.1, 0.15) is 0 Å². The van der Waals surface area contributed by atoms with Gasteiger partial charge in [0.1, 0.15) is 6.61 Å². The summed E-state index contributed by atoms with van der Waals surface area (Å²) in [4.78, 5) is 44.5. The summed E-state index contributed by atoms with van der Waals surface area (Å²) in [5.74, 6) is 37.2. The van der Waals surface area contributed by atoms with Crippen LogP contribution in [0, 0.1) is 119 Å². The molecule has 0 unspecified atom stereocenters. The molecule has 0 N–H and O–H groups in total. The van der Waals surface area contributed by atoms with E-state index in [1.165, 1.54) is 0 Å². The van der Waals surface area contributed by atoms with Gasteiger partial charge < -0.3 is 28.3 Å². The van der Waals surface area contributed by atoms with Gasteiger partial charge in [-0.3, -0.25) is 0 Å². The zero-order valence-electron chi connectivity index (χ0n) is 18.9. The van der Waals surface area contributed by atoms with Crippen molar-refractivity contribution < 1.29 is 97.1 Å². The molecular formula is C25H7Na2O8P. The SMILES string of the molecule is C#CC#CC#CC#CC#CC#CC(=O)OC[C@H](COP(=O)([O-])[O-])OC(=O)C#CC#CC#CC#C.[Na+].[Na+]. The Bertz CT molecular complexity index is 1450. The van der Waals surface area contributed by atoms with E-state index in [-0.39, 0.29) is 59.1 Å². The fourth-order valence-corrected chi connectivity index (χ4v) is 1.57. The third-order valence-corrected chi connectivity index (χ3v) is 2.78. The maximum absolute atomic E-state index is 11.6. The first-order valence-corrected chi connectivity index (χ1v) is 9.71. The van der Waals surface area contributed by atoms with Crippen LogP contribution in [-0.4, -0.2) is 31.3 Å². The van der Waals surface area contributed by atoms with Crippen LogP contribution < -0.4 is 68.9 Å². The van der Waals surface area contributed by atoms with Crippen LogP contribution in [0.5, 0.6) is 0 Å². The molecule has 162 valence electrons. The van der Waals surface area contributed by atoms with E-state index < -0.39 is 39.1 Å². The first-order chi connectivity index (χ1) is 16.3. The largest absolute Gasteiger partial charge is 1.00 e. The van der Waals surface area contributed by atoms with Gasteiger partial charge in [0.05, 0.1) is 14.4 Å². The van der Waals surface area contributed by atoms with Gasteiger partial charge in [0.15, 0.2) is 6.10 Å². The van der Waals surface area contributed by atoms with Crippen molar-refractivity contribution in [1.29, 1.82) is 0 Å². The molecule has 1 atom stereocenters. The molecule has 0 aromatic carbocycles. The first-order valence-electron chi connectivity index (χ1n) is 8.25. The molecule has 0 bridgehead atoms. The molecule has 0 aromatic rings. The van der Waals surface area contributed by atoms with Gasteiger partial charge >= 0.3 is 71.1 Å². The molecule has 0 aliphatic carbocycles. The molecule has 11 heteroatoms. The Morgan fingerprint density at radius 1 is 0.667 bits per heavy atom. The summed E-state index contributed by atoms with van der Waals surface area (Å²) >= 11 is 0. The molecule has 36 heavy (non-hydrogen) atoms. The summed E-state index contributed by atoms with van der Waals surface area (Å²) in [7, 11) is -5.39. The summed E-state index contributed by atoms with van der Waals surface area (Å²) in [6, 6.07) is 0. The van der Waals surface area contributed by atoms with E-state index in [1.807, 2.05) is 17.8 Å². The summed E-state index contributed by atoms with van der Waals surface area (Å²) in [6.45, 7) is -1.64. The molecular weight excluding hydrogens is 505 g/mol. The molecule has 0 radical (unpaired) electrons. The number of hydrogen-bond donors (Lipinski definition) is 0. The quantitative estimate of drug-likeness (QED) is 0.113. The van der Waals surface area contributed by atoms with Crippen molar-refractivity contribution in [3.63, 3.8) is 0 Å². The van der Waals surface area contributed by atoms with Crippen molar-refractivity contribution >= 4 is 19.8 Å². The Labute approximate surface area is 253 Å². The second-order valence-corrected chi connectivity index (χ2v) is 5.81. The number of phosphoric acid groups is 1. The number of hydrogen-bond acceptors (Lipinski definition) is 8. The Morgan fingerprint density at radius 2 is 1.06 bits per heavy atom. The summed E-state index contributed by atoms with van der Waals surface area (Å²) in [5, 5.41) is 0. The van der Waals surface area contributed by atoms with Gasteiger partial charge in [0.25, 0.3) is 0 Å². The van der Waals surface area contributed by atoms with Crippen LogP contribution in [0.25, 0.3) is 0 Å². The average Bonchev–Trinajstić information content (AvgIpc) is 2.78. The minimum absolute atomic E-state index is 0. The molecule has 0 saturated heterocycles. The van der Waals surface area contributed by atoms with E-state index in [1.54, 1.807) is 0 Å². The Morgan fingerprint density at radius 3 is 1.47 bits per heavy atom. The van der Waals surface area contributed by atoms with Crippen LogP contribution >= 0.6 is 7.82 Å². The molecule has 0 rings (SSSR count). The van der Waals surface area contributed by atoms with Crippen LogP contribution in [0.4, 0.5) is 0 Å². The van der Waals surface area contributed by atoms with E-state index in [4.69, 9.17) is 17.6 Å². The van der Waals surface area contributed by atoms with Crippen molar-refractivity contribution in [2.24, 2.45) is 0 Å². The van der Waals surface area contributed by atoms with Gasteiger partial charge in [-0.1, -0.05) is 0 Å². The van der Waals surface area contributed by atoms with Gasteiger partial charge in [-0.05, 0) is 94.7 Å². The van der Waals surface area contributed by atoms with Crippen molar-refractivity contribution in [3.05, 3.63) is 0 Å². The number of carbonyl (C=O) groups excluding carboxylic acids is 2. The van der Waals surface area contributed by atoms with E-state index >= 15 is 0 Å². The molecule has 8 nitrogen and oxygen atoms in total. The first kappa shape index (κ1) is 37.2. The number of rotatable bonds is 6. The number of carbonyl (C=O) groups is 2. The van der Waals surface area contributed by atoms with E-state index in [0.29, 0.717) is 0 Å². The van der Waals surface area contributed by atoms with Crippen molar-refractivity contribution in [1.82, 2.24) is 0 Å². The molecule has 0 aliphatic rings. The Hall–Kier alpha value is -3.35. The fraction of sp³-hybridized carbons (Fsp3) is 0.120. The van der Waals surface area contributed by atoms with Crippen molar-refractivity contribution in [2.75, 3.05) is 13.2 Å². The maximum atomic E-state index is 11.6. The summed E-state index contributed by atoms with van der Waals surface area (Å²) < 4.78 is 24.1. The topological polar surface area (TPSA) is 125 Å². The fourth-order valence-electron chi connectivity index (χ4n) is 1.23.